The van der Waals surface area contributed by atoms with Gasteiger partial charge in [0.05, 0.1) is 22.3 Å². The summed E-state index contributed by atoms with van der Waals surface area (Å²) < 4.78 is 74.2. The second kappa shape index (κ2) is 14.7. The number of carboxylic acids is 1. The number of nitrogens with two attached hydrogens (primary N) is 1. The Morgan fingerprint density at radius 3 is 1.98 bits per heavy atom. The molecule has 55 heavy (non-hydrogen) atoms. The van der Waals surface area contributed by atoms with Crippen LogP contribution in [0, 0.1) is 0 Å². The lowest BCUT2D eigenvalue weighted by molar-refractivity contribution is -0.120. The summed E-state index contributed by atoms with van der Waals surface area (Å²) in [5.74, 6) is -2.79. The third-order valence-corrected chi connectivity index (χ3v) is 9.56. The standard InChI is InChI=1S/C34H23N7O12S2/c35-30-25(15-27(54(47,48)49)20-11-12-24(33(44)29(20)30)39-37-22-6-2-1-5-19(22)34(45)46)40-36-18-10-9-17-13-28(55(50,51)52)31(32(43)21(17)14-18)41-38-23-7-3-4-8-26(23)53-16-42/h1-16,43-44H,35H2,(H,45,46)(H,47,48,49)(H,50,51,52). The number of hydrogen-bond donors (Lipinski definition) is 6. The molecule has 7 N–H and O–H groups in total. The van der Waals surface area contributed by atoms with Crippen molar-refractivity contribution in [3.05, 3.63) is 96.6 Å². The third-order valence-electron chi connectivity index (χ3n) is 7.80. The number of aromatic carboxylic acids is 1. The van der Waals surface area contributed by atoms with Gasteiger partial charge in [0, 0.05) is 10.8 Å². The lowest BCUT2D eigenvalue weighted by Crippen LogP contribution is -2.01. The Balaban J connectivity index is 1.45. The molecule has 6 rings (SSSR count). The number of nitrogens with zero attached hydrogens (tertiary/aromatic N) is 6. The summed E-state index contributed by atoms with van der Waals surface area (Å²) in [4.78, 5) is 20.9. The number of aromatic hydroxyl groups is 2. The Morgan fingerprint density at radius 2 is 1.29 bits per heavy atom. The van der Waals surface area contributed by atoms with E-state index in [0.29, 0.717) is 0 Å². The number of ether oxygens (including phenoxy) is 1. The molecule has 0 atom stereocenters. The highest BCUT2D eigenvalue weighted by Crippen LogP contribution is 2.46. The molecule has 6 aromatic rings. The van der Waals surface area contributed by atoms with Crippen LogP contribution in [0.25, 0.3) is 21.5 Å². The van der Waals surface area contributed by atoms with Gasteiger partial charge in [-0.25, -0.2) is 4.79 Å². The van der Waals surface area contributed by atoms with Gasteiger partial charge >= 0.3 is 5.97 Å². The minimum Gasteiger partial charge on any atom is -0.505 e. The normalized spacial score (nSPS) is 12.3. The van der Waals surface area contributed by atoms with Crippen molar-refractivity contribution < 1.29 is 55.6 Å². The van der Waals surface area contributed by atoms with Crippen molar-refractivity contribution in [2.45, 2.75) is 9.79 Å². The second-order valence-electron chi connectivity index (χ2n) is 11.2. The van der Waals surface area contributed by atoms with E-state index in [4.69, 9.17) is 10.5 Å². The molecule has 19 nitrogen and oxygen atoms in total. The molecule has 0 bridgehead atoms. The number of phenolic OH excluding ortho intramolecular Hbond substituents is 2. The van der Waals surface area contributed by atoms with Crippen LogP contribution in [0.1, 0.15) is 10.4 Å². The number of carboxylic acid groups (broad SMARTS) is 1. The van der Waals surface area contributed by atoms with E-state index in [1.807, 2.05) is 0 Å². The Kier molecular flexibility index (Phi) is 10.0. The van der Waals surface area contributed by atoms with Crippen molar-refractivity contribution in [1.82, 2.24) is 0 Å². The highest BCUT2D eigenvalue weighted by atomic mass is 32.2. The van der Waals surface area contributed by atoms with Gasteiger partial charge in [-0.2, -0.15) is 21.9 Å². The molecule has 0 saturated heterocycles. The molecule has 0 aliphatic heterocycles. The second-order valence-corrected chi connectivity index (χ2v) is 14.0. The van der Waals surface area contributed by atoms with Gasteiger partial charge in [-0.15, -0.1) is 25.6 Å². The number of fused-ring (bicyclic) bond motifs is 2. The van der Waals surface area contributed by atoms with E-state index in [9.17, 15) is 50.8 Å². The van der Waals surface area contributed by atoms with E-state index in [1.165, 1.54) is 78.9 Å². The number of hydrogen-bond acceptors (Lipinski definition) is 16. The number of rotatable bonds is 11. The maximum absolute atomic E-state index is 12.4. The Morgan fingerprint density at radius 1 is 0.655 bits per heavy atom. The minimum absolute atomic E-state index is 0.0215. The lowest BCUT2D eigenvalue weighted by Gasteiger charge is -2.12. The van der Waals surface area contributed by atoms with E-state index < -0.39 is 53.2 Å². The SMILES string of the molecule is Nc1c(N=Nc2ccc3cc(S(=O)(=O)O)c(N=Nc4ccccc4OC=O)c(O)c3c2)cc(S(=O)(=O)O)c2ccc(N=Nc3ccccc3C(=O)O)c(O)c12. The van der Waals surface area contributed by atoms with E-state index in [2.05, 4.69) is 30.7 Å². The van der Waals surface area contributed by atoms with E-state index in [-0.39, 0.29) is 73.5 Å². The van der Waals surface area contributed by atoms with Gasteiger partial charge in [0.25, 0.3) is 26.7 Å². The van der Waals surface area contributed by atoms with Crippen molar-refractivity contribution in [3.63, 3.8) is 0 Å². The van der Waals surface area contributed by atoms with Gasteiger partial charge in [0.1, 0.15) is 38.2 Å². The van der Waals surface area contributed by atoms with Crippen molar-refractivity contribution in [2.24, 2.45) is 30.7 Å². The summed E-state index contributed by atoms with van der Waals surface area (Å²) in [5.41, 5.74) is 4.42. The van der Waals surface area contributed by atoms with Gasteiger partial charge in [-0.05, 0) is 60.0 Å². The molecule has 0 heterocycles. The molecule has 0 amide bonds. The van der Waals surface area contributed by atoms with Crippen LogP contribution in [0.3, 0.4) is 0 Å². The summed E-state index contributed by atoms with van der Waals surface area (Å²) >= 11 is 0. The van der Waals surface area contributed by atoms with Crippen LogP contribution >= 0.6 is 0 Å². The fourth-order valence-electron chi connectivity index (χ4n) is 5.28. The van der Waals surface area contributed by atoms with Gasteiger partial charge in [0.15, 0.2) is 17.2 Å². The van der Waals surface area contributed by atoms with Crippen LogP contribution in [0.15, 0.2) is 131 Å². The quantitative estimate of drug-likeness (QED) is 0.0314. The molecule has 0 aromatic heterocycles. The zero-order valence-electron chi connectivity index (χ0n) is 27.4. The van der Waals surface area contributed by atoms with Gasteiger partial charge in [-0.1, -0.05) is 36.4 Å². The number of phenols is 2. The minimum atomic E-state index is -4.98. The molecule has 0 fully saturated rings. The first-order valence-corrected chi connectivity index (χ1v) is 18.1. The van der Waals surface area contributed by atoms with Crippen LogP contribution in [0.2, 0.25) is 0 Å². The molecular formula is C34H23N7O12S2. The zero-order chi connectivity index (χ0) is 39.7. The van der Waals surface area contributed by atoms with Crippen molar-refractivity contribution >= 4 is 94.0 Å². The van der Waals surface area contributed by atoms with Gasteiger partial charge in [-0.3, -0.25) is 13.9 Å². The molecule has 0 unspecified atom stereocenters. The first kappa shape index (κ1) is 37.6. The van der Waals surface area contributed by atoms with Crippen LogP contribution < -0.4 is 10.5 Å². The number of nitrogen functional groups attached to an aromatic ring is 1. The monoisotopic (exact) mass is 785 g/mol. The molecule has 0 saturated carbocycles. The van der Waals surface area contributed by atoms with Crippen molar-refractivity contribution in [3.8, 4) is 17.2 Å². The molecule has 0 aliphatic rings. The Hall–Kier alpha value is -7.20. The average molecular weight is 786 g/mol. The molecular weight excluding hydrogens is 763 g/mol. The van der Waals surface area contributed by atoms with Crippen LogP contribution in [0.4, 0.5) is 39.8 Å². The summed E-state index contributed by atoms with van der Waals surface area (Å²) in [6, 6.07) is 19.6. The molecule has 21 heteroatoms. The number of carbonyl (C=O) groups excluding carboxylic acids is 1. The van der Waals surface area contributed by atoms with Crippen molar-refractivity contribution in [2.75, 3.05) is 5.73 Å². The fourth-order valence-corrected chi connectivity index (χ4v) is 6.65. The topological polar surface area (TPSA) is 313 Å². The van der Waals surface area contributed by atoms with Gasteiger partial charge < -0.3 is 25.8 Å². The lowest BCUT2D eigenvalue weighted by atomic mass is 10.1. The average Bonchev–Trinajstić information content (AvgIpc) is 3.13. The number of para-hydroxylation sites is 1. The van der Waals surface area contributed by atoms with Crippen molar-refractivity contribution in [1.29, 1.82) is 0 Å². The summed E-state index contributed by atoms with van der Waals surface area (Å²) in [7, 11) is -9.95. The maximum atomic E-state index is 12.4. The molecule has 0 spiro atoms. The predicted octanol–water partition coefficient (Wildman–Crippen LogP) is 7.96. The van der Waals surface area contributed by atoms with E-state index in [1.54, 1.807) is 0 Å². The van der Waals surface area contributed by atoms with Gasteiger partial charge in [0.2, 0.25) is 0 Å². The molecule has 6 aromatic carbocycles. The van der Waals surface area contributed by atoms with E-state index in [0.717, 1.165) is 12.1 Å². The Bertz CT molecular complexity index is 2900. The maximum Gasteiger partial charge on any atom is 0.337 e. The zero-order valence-corrected chi connectivity index (χ0v) is 29.0. The Labute approximate surface area is 308 Å². The summed E-state index contributed by atoms with van der Waals surface area (Å²) in [6.45, 7) is 0.134. The third kappa shape index (κ3) is 7.65. The largest absolute Gasteiger partial charge is 0.505 e. The summed E-state index contributed by atoms with van der Waals surface area (Å²) in [5, 5.41) is 54.8. The molecule has 0 aliphatic carbocycles. The van der Waals surface area contributed by atoms with Crippen LogP contribution in [-0.2, 0) is 25.0 Å². The smallest absolute Gasteiger partial charge is 0.337 e. The predicted molar refractivity (Wildman–Crippen MR) is 194 cm³/mol. The first-order valence-electron chi connectivity index (χ1n) is 15.2. The molecule has 0 radical (unpaired) electrons. The van der Waals surface area contributed by atoms with Crippen LogP contribution in [0.5, 0.6) is 17.2 Å². The summed E-state index contributed by atoms with van der Waals surface area (Å²) in [6.07, 6.45) is 0. The number of anilines is 1. The number of carbonyl (C=O) groups is 2. The number of benzene rings is 6. The van der Waals surface area contributed by atoms with Crippen LogP contribution in [-0.4, -0.2) is 53.7 Å². The van der Waals surface area contributed by atoms with E-state index >= 15 is 0 Å². The highest BCUT2D eigenvalue weighted by Gasteiger charge is 2.24. The number of azo groups is 3. The first-order chi connectivity index (χ1) is 26.1. The fraction of sp³-hybridized carbons (Fsp3) is 0. The highest BCUT2D eigenvalue weighted by molar-refractivity contribution is 7.86. The molecule has 278 valence electrons.